The van der Waals surface area contributed by atoms with E-state index in [1.165, 1.54) is 38.5 Å². The smallest absolute Gasteiger partial charge is 0.227 e. The minimum atomic E-state index is -0.923. The van der Waals surface area contributed by atoms with E-state index in [-0.39, 0.29) is 17.5 Å². The largest absolute Gasteiger partial charge is 0.595 e. The molecular formula is C24H26ClN3O3. The lowest BCUT2D eigenvalue weighted by molar-refractivity contribution is -0.991. The molecule has 0 radical (unpaired) electrons. The van der Waals surface area contributed by atoms with Crippen LogP contribution in [0.2, 0.25) is 5.02 Å². The molecule has 2 aromatic carbocycles. The zero-order valence-corrected chi connectivity index (χ0v) is 18.0. The van der Waals surface area contributed by atoms with Gasteiger partial charge in [0.2, 0.25) is 6.23 Å². The molecule has 7 heteroatoms. The fraction of sp³-hybridized carbons (Fsp3) is 0.458. The van der Waals surface area contributed by atoms with Crippen molar-refractivity contribution in [3.63, 3.8) is 0 Å². The lowest BCUT2D eigenvalue weighted by Crippen LogP contribution is -2.99. The Balaban J connectivity index is 1.41. The fourth-order valence-electron chi connectivity index (χ4n) is 6.93. The van der Waals surface area contributed by atoms with Gasteiger partial charge in [0, 0.05) is 33.8 Å². The predicted molar refractivity (Wildman–Crippen MR) is 117 cm³/mol. The van der Waals surface area contributed by atoms with Crippen LogP contribution in [0, 0.1) is 23.0 Å². The number of rotatable bonds is 4. The molecule has 0 aromatic heterocycles. The minimum Gasteiger partial charge on any atom is -0.595 e. The number of hydrogen-bond donors (Lipinski definition) is 2. The van der Waals surface area contributed by atoms with E-state index in [0.29, 0.717) is 5.02 Å². The Labute approximate surface area is 186 Å². The van der Waals surface area contributed by atoms with Crippen molar-refractivity contribution in [1.82, 2.24) is 4.90 Å². The molecule has 2 N–H and O–H groups in total. The van der Waals surface area contributed by atoms with Crippen LogP contribution in [0.15, 0.2) is 53.7 Å². The van der Waals surface area contributed by atoms with Crippen molar-refractivity contribution in [2.75, 3.05) is 0 Å². The van der Waals surface area contributed by atoms with Gasteiger partial charge in [-0.3, -0.25) is 0 Å². The fourth-order valence-corrected chi connectivity index (χ4v) is 7.05. The van der Waals surface area contributed by atoms with Crippen LogP contribution < -0.4 is 5.23 Å². The molecular weight excluding hydrogens is 414 g/mol. The standard InChI is InChI=1S/C24H26ClN3O3/c25-20-5-1-19(2-6-20)23-27(24-12-15-9-16(13-24)11-17(10-15)14-24)22(26-31-23)18-3-7-21(8-4-18)28(29)30/h1-8,15-17,23,28-29H,9-14H2. The van der Waals surface area contributed by atoms with Crippen molar-refractivity contribution >= 4 is 23.1 Å². The molecule has 1 aliphatic heterocycles. The highest BCUT2D eigenvalue weighted by molar-refractivity contribution is 6.30. The third kappa shape index (κ3) is 3.24. The normalized spacial score (nSPS) is 34.5. The van der Waals surface area contributed by atoms with Gasteiger partial charge in [0.1, 0.15) is 0 Å². The highest BCUT2D eigenvalue weighted by atomic mass is 35.5. The first kappa shape index (κ1) is 19.6. The molecule has 6 nitrogen and oxygen atoms in total. The summed E-state index contributed by atoms with van der Waals surface area (Å²) in [4.78, 5) is 8.51. The van der Waals surface area contributed by atoms with Crippen molar-refractivity contribution < 1.29 is 15.3 Å². The van der Waals surface area contributed by atoms with Gasteiger partial charge in [0.15, 0.2) is 11.5 Å². The number of amidine groups is 1. The number of oxime groups is 1. The van der Waals surface area contributed by atoms with Gasteiger partial charge in [-0.1, -0.05) is 28.9 Å². The third-order valence-corrected chi connectivity index (χ3v) is 8.02. The minimum absolute atomic E-state index is 0.0415. The van der Waals surface area contributed by atoms with Crippen LogP contribution in [0.3, 0.4) is 0 Å². The molecule has 7 rings (SSSR count). The topological polar surface area (TPSA) is 72.6 Å². The van der Waals surface area contributed by atoms with Gasteiger partial charge < -0.3 is 14.9 Å². The average Bonchev–Trinajstić information content (AvgIpc) is 3.19. The first-order valence-electron chi connectivity index (χ1n) is 11.1. The van der Waals surface area contributed by atoms with E-state index in [0.717, 1.165) is 34.7 Å². The maximum absolute atomic E-state index is 11.3. The van der Waals surface area contributed by atoms with Gasteiger partial charge in [-0.2, -0.15) is 5.23 Å². The molecule has 1 heterocycles. The molecule has 0 amide bonds. The van der Waals surface area contributed by atoms with Gasteiger partial charge in [0.25, 0.3) is 0 Å². The zero-order chi connectivity index (χ0) is 21.2. The Kier molecular flexibility index (Phi) is 4.54. The van der Waals surface area contributed by atoms with Crippen LogP contribution in [-0.2, 0) is 4.84 Å². The number of benzene rings is 2. The summed E-state index contributed by atoms with van der Waals surface area (Å²) in [6, 6.07) is 14.8. The summed E-state index contributed by atoms with van der Waals surface area (Å²) in [5, 5.41) is 24.9. The first-order chi connectivity index (χ1) is 15.0. The summed E-state index contributed by atoms with van der Waals surface area (Å²) in [6.45, 7) is 0. The second-order valence-corrected chi connectivity index (χ2v) is 10.3. The van der Waals surface area contributed by atoms with E-state index in [9.17, 15) is 10.4 Å². The van der Waals surface area contributed by atoms with Gasteiger partial charge in [-0.05, 0) is 80.5 Å². The summed E-state index contributed by atoms with van der Waals surface area (Å²) in [5.41, 5.74) is 2.26. The summed E-state index contributed by atoms with van der Waals surface area (Å²) < 4.78 is 0. The van der Waals surface area contributed by atoms with E-state index in [1.807, 2.05) is 36.4 Å². The van der Waals surface area contributed by atoms with E-state index in [1.54, 1.807) is 12.1 Å². The van der Waals surface area contributed by atoms with Crippen LogP contribution in [0.1, 0.15) is 55.9 Å². The highest BCUT2D eigenvalue weighted by Crippen LogP contribution is 2.60. The van der Waals surface area contributed by atoms with E-state index in [4.69, 9.17) is 16.4 Å². The molecule has 4 bridgehead atoms. The molecule has 2 atom stereocenters. The summed E-state index contributed by atoms with van der Waals surface area (Å²) in [5.74, 6) is 3.17. The van der Waals surface area contributed by atoms with E-state index in [2.05, 4.69) is 10.1 Å². The van der Waals surface area contributed by atoms with Crippen molar-refractivity contribution in [3.05, 3.63) is 69.9 Å². The van der Waals surface area contributed by atoms with Crippen LogP contribution in [0.4, 0.5) is 5.69 Å². The van der Waals surface area contributed by atoms with Gasteiger partial charge in [-0.25, -0.2) is 5.21 Å². The number of halogens is 1. The lowest BCUT2D eigenvalue weighted by atomic mass is 9.52. The monoisotopic (exact) mass is 439 g/mol. The summed E-state index contributed by atoms with van der Waals surface area (Å²) >= 11 is 6.15. The summed E-state index contributed by atoms with van der Waals surface area (Å²) in [6.07, 6.45) is 7.33. The quantitative estimate of drug-likeness (QED) is 0.692. The molecule has 0 saturated heterocycles. The molecule has 162 valence electrons. The summed E-state index contributed by atoms with van der Waals surface area (Å²) in [7, 11) is 0. The number of nitrogens with one attached hydrogen (secondary N) is 1. The van der Waals surface area contributed by atoms with E-state index >= 15 is 0 Å². The molecule has 4 fully saturated rings. The molecule has 0 spiro atoms. The average molecular weight is 440 g/mol. The van der Waals surface area contributed by atoms with Gasteiger partial charge in [0.05, 0.1) is 0 Å². The second-order valence-electron chi connectivity index (χ2n) is 9.82. The lowest BCUT2D eigenvalue weighted by Gasteiger charge is -2.60. The SMILES string of the molecule is [O-][NH+](O)c1ccc(C2=NOC(c3ccc(Cl)cc3)N2C23CC4CC(CC(C4)C2)C3)cc1. The molecule has 5 aliphatic rings. The number of hydrogen-bond acceptors (Lipinski definition) is 5. The van der Waals surface area contributed by atoms with Crippen LogP contribution >= 0.6 is 11.6 Å². The molecule has 2 unspecified atom stereocenters. The maximum Gasteiger partial charge on any atom is 0.227 e. The zero-order valence-electron chi connectivity index (χ0n) is 17.2. The van der Waals surface area contributed by atoms with E-state index < -0.39 is 5.23 Å². The number of quaternary nitrogens is 1. The Morgan fingerprint density at radius 2 is 1.55 bits per heavy atom. The predicted octanol–water partition coefficient (Wildman–Crippen LogP) is 4.40. The Morgan fingerprint density at radius 3 is 2.10 bits per heavy atom. The van der Waals surface area contributed by atoms with Crippen LogP contribution in [0.25, 0.3) is 0 Å². The van der Waals surface area contributed by atoms with Gasteiger partial charge in [-0.15, -0.1) is 0 Å². The molecule has 4 saturated carbocycles. The van der Waals surface area contributed by atoms with Crippen molar-refractivity contribution in [3.8, 4) is 0 Å². The van der Waals surface area contributed by atoms with Gasteiger partial charge >= 0.3 is 0 Å². The Hall–Kier alpha value is -2.12. The molecule has 4 aliphatic carbocycles. The Morgan fingerprint density at radius 1 is 0.968 bits per heavy atom. The maximum atomic E-state index is 11.3. The second kappa shape index (κ2) is 7.20. The first-order valence-corrected chi connectivity index (χ1v) is 11.5. The third-order valence-electron chi connectivity index (χ3n) is 7.76. The highest BCUT2D eigenvalue weighted by Gasteiger charge is 2.57. The van der Waals surface area contributed by atoms with Crippen molar-refractivity contribution in [1.29, 1.82) is 0 Å². The van der Waals surface area contributed by atoms with Crippen LogP contribution in [-0.4, -0.2) is 21.5 Å². The van der Waals surface area contributed by atoms with Crippen LogP contribution in [0.5, 0.6) is 0 Å². The van der Waals surface area contributed by atoms with Crippen molar-refractivity contribution in [2.45, 2.75) is 50.3 Å². The van der Waals surface area contributed by atoms with Crippen molar-refractivity contribution in [2.24, 2.45) is 22.9 Å². The Bertz CT molecular complexity index is 970. The number of nitrogens with zero attached hydrogens (tertiary/aromatic N) is 2. The molecule has 31 heavy (non-hydrogen) atoms. The molecule has 2 aromatic rings.